The zero-order valence-electron chi connectivity index (χ0n) is 5.36. The Bertz CT molecular complexity index is 228. The average molecular weight is 130 g/mol. The smallest absolute Gasteiger partial charge is 0.0886 e. The average Bonchev–Trinajstić information content (AvgIpc) is 2.59. The normalized spacial score (nSPS) is 20.0. The molecule has 0 spiro atoms. The van der Waals surface area contributed by atoms with Gasteiger partial charge in [0.25, 0.3) is 0 Å². The van der Waals surface area contributed by atoms with E-state index in [0.717, 1.165) is 11.4 Å². The maximum Gasteiger partial charge on any atom is 0.0886 e. The summed E-state index contributed by atoms with van der Waals surface area (Å²) in [5.74, 6) is 0. The molecule has 0 aromatic rings. The molecule has 0 atom stereocenters. The van der Waals surface area contributed by atoms with Crippen LogP contribution in [0.3, 0.4) is 0 Å². The standard InChI is InChI=1S/C8H6N2/c1-3-7(9-5-1)8-4-2-6-10-8/h1-6H. The van der Waals surface area contributed by atoms with Crippen LogP contribution in [-0.4, -0.2) is 0 Å². The summed E-state index contributed by atoms with van der Waals surface area (Å²) in [4.78, 5) is 0. The molecule has 0 aliphatic carbocycles. The summed E-state index contributed by atoms with van der Waals surface area (Å²) >= 11 is 0. The zero-order chi connectivity index (χ0) is 6.81. The first-order chi connectivity index (χ1) is 4.97. The summed E-state index contributed by atoms with van der Waals surface area (Å²) in [6, 6.07) is 0. The first kappa shape index (κ1) is 5.35. The lowest BCUT2D eigenvalue weighted by atomic mass is 10.3. The van der Waals surface area contributed by atoms with Crippen molar-refractivity contribution in [2.45, 2.75) is 0 Å². The summed E-state index contributed by atoms with van der Waals surface area (Å²) in [5, 5.41) is 8.19. The van der Waals surface area contributed by atoms with Crippen LogP contribution >= 0.6 is 0 Å². The molecule has 2 aliphatic rings. The van der Waals surface area contributed by atoms with Crippen molar-refractivity contribution in [3.8, 4) is 0 Å². The second-order valence-electron chi connectivity index (χ2n) is 2.05. The molecule has 0 fully saturated rings. The Morgan fingerprint density at radius 1 is 0.800 bits per heavy atom. The molecule has 0 amide bonds. The van der Waals surface area contributed by atoms with Crippen molar-refractivity contribution in [2.24, 2.45) is 0 Å². The third-order valence-corrected chi connectivity index (χ3v) is 1.37. The van der Waals surface area contributed by atoms with Gasteiger partial charge in [-0.3, -0.25) is 10.6 Å². The molecule has 2 radical (unpaired) electrons. The quantitative estimate of drug-likeness (QED) is 0.507. The molecule has 0 saturated carbocycles. The van der Waals surface area contributed by atoms with E-state index in [0.29, 0.717) is 0 Å². The number of rotatable bonds is 1. The van der Waals surface area contributed by atoms with Crippen molar-refractivity contribution in [3.05, 3.63) is 48.1 Å². The highest BCUT2D eigenvalue weighted by atomic mass is 15.0. The SMILES string of the molecule is C1=C[N]C(C2=CC=C[N]2)=C1. The molecule has 2 nitrogen and oxygen atoms in total. The van der Waals surface area contributed by atoms with Crippen molar-refractivity contribution in [2.75, 3.05) is 0 Å². The van der Waals surface area contributed by atoms with E-state index in [9.17, 15) is 0 Å². The molecule has 48 valence electrons. The predicted molar refractivity (Wildman–Crippen MR) is 38.7 cm³/mol. The van der Waals surface area contributed by atoms with E-state index in [1.807, 2.05) is 24.3 Å². The van der Waals surface area contributed by atoms with Crippen LogP contribution in [0.25, 0.3) is 0 Å². The Morgan fingerprint density at radius 2 is 1.30 bits per heavy atom. The lowest BCUT2D eigenvalue weighted by Crippen LogP contribution is -2.01. The van der Waals surface area contributed by atoms with Gasteiger partial charge >= 0.3 is 0 Å². The topological polar surface area (TPSA) is 28.2 Å². The van der Waals surface area contributed by atoms with Crippen molar-refractivity contribution >= 4 is 0 Å². The maximum absolute atomic E-state index is 4.10. The fourth-order valence-corrected chi connectivity index (χ4v) is 0.904. The van der Waals surface area contributed by atoms with E-state index in [-0.39, 0.29) is 0 Å². The molecule has 2 aliphatic heterocycles. The highest BCUT2D eigenvalue weighted by Crippen LogP contribution is 2.13. The van der Waals surface area contributed by atoms with Gasteiger partial charge < -0.3 is 0 Å². The van der Waals surface area contributed by atoms with Crippen LogP contribution in [0, 0.1) is 0 Å². The van der Waals surface area contributed by atoms with Gasteiger partial charge in [0.1, 0.15) is 0 Å². The Kier molecular flexibility index (Phi) is 1.10. The van der Waals surface area contributed by atoms with Crippen LogP contribution in [0.15, 0.2) is 48.1 Å². The molecule has 10 heavy (non-hydrogen) atoms. The van der Waals surface area contributed by atoms with Crippen molar-refractivity contribution in [1.82, 2.24) is 10.6 Å². The summed E-state index contributed by atoms with van der Waals surface area (Å²) in [5.41, 5.74) is 1.90. The van der Waals surface area contributed by atoms with Gasteiger partial charge in [-0.1, -0.05) is 0 Å². The first-order valence-corrected chi connectivity index (χ1v) is 3.12. The van der Waals surface area contributed by atoms with Gasteiger partial charge in [0.15, 0.2) is 0 Å². The Hall–Kier alpha value is -1.44. The minimum Gasteiger partial charge on any atom is -0.255 e. The van der Waals surface area contributed by atoms with Gasteiger partial charge in [0, 0.05) is 12.4 Å². The van der Waals surface area contributed by atoms with Crippen molar-refractivity contribution < 1.29 is 0 Å². The highest BCUT2D eigenvalue weighted by Gasteiger charge is 2.08. The number of nitrogens with zero attached hydrogens (tertiary/aromatic N) is 2. The second kappa shape index (κ2) is 2.06. The van der Waals surface area contributed by atoms with Crippen LogP contribution in [-0.2, 0) is 0 Å². The Labute approximate surface area is 59.6 Å². The lowest BCUT2D eigenvalue weighted by molar-refractivity contribution is 0.985. The fourth-order valence-electron chi connectivity index (χ4n) is 0.904. The van der Waals surface area contributed by atoms with E-state index < -0.39 is 0 Å². The first-order valence-electron chi connectivity index (χ1n) is 3.12. The number of hydrogen-bond acceptors (Lipinski definition) is 0. The second-order valence-corrected chi connectivity index (χ2v) is 2.05. The molecule has 0 aromatic carbocycles. The van der Waals surface area contributed by atoms with Crippen LogP contribution in [0.4, 0.5) is 0 Å². The van der Waals surface area contributed by atoms with E-state index in [1.54, 1.807) is 12.4 Å². The summed E-state index contributed by atoms with van der Waals surface area (Å²) in [7, 11) is 0. The minimum absolute atomic E-state index is 0.949. The van der Waals surface area contributed by atoms with Crippen LogP contribution in [0.2, 0.25) is 0 Å². The van der Waals surface area contributed by atoms with E-state index >= 15 is 0 Å². The fraction of sp³-hybridized carbons (Fsp3) is 0. The Morgan fingerprint density at radius 3 is 1.60 bits per heavy atom. The van der Waals surface area contributed by atoms with E-state index in [1.165, 1.54) is 0 Å². The highest BCUT2D eigenvalue weighted by molar-refractivity contribution is 5.40. The zero-order valence-corrected chi connectivity index (χ0v) is 5.36. The van der Waals surface area contributed by atoms with Gasteiger partial charge in [-0.25, -0.2) is 0 Å². The molecule has 0 bridgehead atoms. The molecular weight excluding hydrogens is 124 g/mol. The largest absolute Gasteiger partial charge is 0.255 e. The molecule has 2 heterocycles. The number of allylic oxidation sites excluding steroid dienone is 4. The molecule has 2 rings (SSSR count). The molecule has 0 unspecified atom stereocenters. The maximum atomic E-state index is 4.10. The molecular formula is C8H6N2. The Balaban J connectivity index is 2.15. The van der Waals surface area contributed by atoms with Crippen molar-refractivity contribution in [1.29, 1.82) is 0 Å². The van der Waals surface area contributed by atoms with E-state index in [2.05, 4.69) is 10.6 Å². The van der Waals surface area contributed by atoms with Gasteiger partial charge in [-0.2, -0.15) is 0 Å². The molecule has 0 saturated heterocycles. The predicted octanol–water partition coefficient (Wildman–Crippen LogP) is 1.02. The van der Waals surface area contributed by atoms with Crippen LogP contribution < -0.4 is 10.6 Å². The monoisotopic (exact) mass is 130 g/mol. The van der Waals surface area contributed by atoms with Crippen molar-refractivity contribution in [3.63, 3.8) is 0 Å². The number of hydrogen-bond donors (Lipinski definition) is 0. The van der Waals surface area contributed by atoms with E-state index in [4.69, 9.17) is 0 Å². The van der Waals surface area contributed by atoms with Gasteiger partial charge in [0.05, 0.1) is 11.4 Å². The van der Waals surface area contributed by atoms with Gasteiger partial charge in [0.2, 0.25) is 0 Å². The summed E-state index contributed by atoms with van der Waals surface area (Å²) < 4.78 is 0. The van der Waals surface area contributed by atoms with Gasteiger partial charge in [-0.15, -0.1) is 0 Å². The third-order valence-electron chi connectivity index (χ3n) is 1.37. The van der Waals surface area contributed by atoms with Crippen LogP contribution in [0.1, 0.15) is 0 Å². The summed E-state index contributed by atoms with van der Waals surface area (Å²) in [6.45, 7) is 0. The molecule has 2 heteroatoms. The lowest BCUT2D eigenvalue weighted by Gasteiger charge is -1.98. The van der Waals surface area contributed by atoms with Gasteiger partial charge in [-0.05, 0) is 24.3 Å². The summed E-state index contributed by atoms with van der Waals surface area (Å²) in [6.07, 6.45) is 11.2. The molecule has 0 aromatic heterocycles. The van der Waals surface area contributed by atoms with Crippen LogP contribution in [0.5, 0.6) is 0 Å². The molecule has 0 N–H and O–H groups in total. The third kappa shape index (κ3) is 0.739. The minimum atomic E-state index is 0.949.